The van der Waals surface area contributed by atoms with Gasteiger partial charge in [-0.2, -0.15) is 5.10 Å². The highest BCUT2D eigenvalue weighted by Gasteiger charge is 2.27. The number of carbonyl (C=O) groups is 2. The lowest BCUT2D eigenvalue weighted by atomic mass is 9.99. The van der Waals surface area contributed by atoms with Gasteiger partial charge >= 0.3 is 0 Å². The summed E-state index contributed by atoms with van der Waals surface area (Å²) in [5.74, 6) is -0.442. The van der Waals surface area contributed by atoms with Crippen molar-refractivity contribution in [2.24, 2.45) is 5.73 Å². The first kappa shape index (κ1) is 37.0. The summed E-state index contributed by atoms with van der Waals surface area (Å²) in [5, 5.41) is 18.6. The Kier molecular flexibility index (Phi) is 15.7. The number of halogens is 2. The molecule has 0 saturated carbocycles. The second-order valence-corrected chi connectivity index (χ2v) is 11.5. The van der Waals surface area contributed by atoms with E-state index in [2.05, 4.69) is 10.3 Å². The van der Waals surface area contributed by atoms with Gasteiger partial charge in [0.1, 0.15) is 6.61 Å². The molecule has 2 amide bonds. The van der Waals surface area contributed by atoms with Crippen LogP contribution < -0.4 is 11.1 Å². The lowest BCUT2D eigenvalue weighted by Crippen LogP contribution is -2.37. The van der Waals surface area contributed by atoms with Crippen LogP contribution in [0.5, 0.6) is 0 Å². The molecule has 0 unspecified atom stereocenters. The first-order valence-corrected chi connectivity index (χ1v) is 16.5. The molecule has 0 saturated heterocycles. The molecule has 260 valence electrons. The van der Waals surface area contributed by atoms with Crippen LogP contribution in [0.25, 0.3) is 22.2 Å². The summed E-state index contributed by atoms with van der Waals surface area (Å²) in [6.07, 6.45) is 2.68. The molecule has 4 rings (SSSR count). The number of hydrogen-bond donors (Lipinski definition) is 4. The minimum atomic E-state index is -0.539. The zero-order valence-corrected chi connectivity index (χ0v) is 28.0. The first-order valence-electron chi connectivity index (χ1n) is 15.7. The molecule has 0 bridgehead atoms. The third-order valence-electron chi connectivity index (χ3n) is 7.43. The van der Waals surface area contributed by atoms with Crippen molar-refractivity contribution >= 4 is 45.9 Å². The standard InChI is InChI=1S/C31H44Cl2N6O8/c32-24-19-22(29-23-20-38(28(42)21-40)6-1-25(23)36-31(29)30(24)33)26-2-7-39(37-26)8-5-35-27(41)3-9-43-11-13-45-15-17-47-18-16-46-14-12-44-10-4-34/h2,7,19,36,40H,1,3-6,8-18,20-21,34H2,(H,35,41). The van der Waals surface area contributed by atoms with Crippen LogP contribution >= 0.6 is 23.2 Å². The molecule has 2 aromatic heterocycles. The van der Waals surface area contributed by atoms with Crippen molar-refractivity contribution in [2.45, 2.75) is 25.9 Å². The van der Waals surface area contributed by atoms with Crippen LogP contribution in [-0.4, -0.2) is 129 Å². The van der Waals surface area contributed by atoms with E-state index < -0.39 is 6.61 Å². The molecule has 0 aliphatic carbocycles. The normalized spacial score (nSPS) is 13.0. The molecule has 3 aromatic rings. The summed E-state index contributed by atoms with van der Waals surface area (Å²) in [6.45, 7) is 6.23. The summed E-state index contributed by atoms with van der Waals surface area (Å²) in [5.41, 5.74) is 9.42. The average molecular weight is 700 g/mol. The van der Waals surface area contributed by atoms with Gasteiger partial charge in [0.2, 0.25) is 11.8 Å². The van der Waals surface area contributed by atoms with Gasteiger partial charge in [-0.05, 0) is 12.1 Å². The summed E-state index contributed by atoms with van der Waals surface area (Å²) in [6, 6.07) is 3.65. The van der Waals surface area contributed by atoms with Crippen molar-refractivity contribution in [2.75, 3.05) is 92.3 Å². The van der Waals surface area contributed by atoms with Gasteiger partial charge in [-0.3, -0.25) is 14.3 Å². The lowest BCUT2D eigenvalue weighted by molar-refractivity contribution is -0.135. The van der Waals surface area contributed by atoms with Crippen molar-refractivity contribution in [1.29, 1.82) is 0 Å². The van der Waals surface area contributed by atoms with Crippen LogP contribution in [0.4, 0.5) is 0 Å². The number of benzene rings is 1. The number of nitrogens with two attached hydrogens (primary N) is 1. The molecule has 0 spiro atoms. The van der Waals surface area contributed by atoms with E-state index in [-0.39, 0.29) is 18.2 Å². The number of nitrogens with zero attached hydrogens (tertiary/aromatic N) is 3. The maximum atomic E-state index is 12.3. The largest absolute Gasteiger partial charge is 0.387 e. The number of carbonyl (C=O) groups excluding carboxylic acids is 2. The Hall–Kier alpha value is -2.79. The van der Waals surface area contributed by atoms with E-state index in [9.17, 15) is 14.7 Å². The maximum absolute atomic E-state index is 12.3. The molecule has 5 N–H and O–H groups in total. The number of aliphatic hydroxyl groups excluding tert-OH is 1. The third kappa shape index (κ3) is 11.1. The Balaban J connectivity index is 1.12. The van der Waals surface area contributed by atoms with E-state index in [4.69, 9.17) is 57.7 Å². The minimum Gasteiger partial charge on any atom is -0.387 e. The van der Waals surface area contributed by atoms with E-state index >= 15 is 0 Å². The van der Waals surface area contributed by atoms with Crippen molar-refractivity contribution in [3.05, 3.63) is 39.6 Å². The smallest absolute Gasteiger partial charge is 0.248 e. The molecular formula is C31H44Cl2N6O8. The second-order valence-electron chi connectivity index (χ2n) is 10.7. The highest BCUT2D eigenvalue weighted by atomic mass is 35.5. The number of aromatic amines is 1. The zero-order valence-electron chi connectivity index (χ0n) is 26.4. The topological polar surface area (TPSA) is 175 Å². The fourth-order valence-corrected chi connectivity index (χ4v) is 5.51. The van der Waals surface area contributed by atoms with Crippen molar-refractivity contribution in [3.63, 3.8) is 0 Å². The fourth-order valence-electron chi connectivity index (χ4n) is 5.11. The molecule has 47 heavy (non-hydrogen) atoms. The molecule has 0 radical (unpaired) electrons. The third-order valence-corrected chi connectivity index (χ3v) is 8.22. The number of fused-ring (bicyclic) bond motifs is 3. The average Bonchev–Trinajstić information content (AvgIpc) is 3.71. The zero-order chi connectivity index (χ0) is 33.4. The van der Waals surface area contributed by atoms with E-state index in [1.54, 1.807) is 15.6 Å². The van der Waals surface area contributed by atoms with Crippen LogP contribution in [0.3, 0.4) is 0 Å². The molecule has 3 heterocycles. The van der Waals surface area contributed by atoms with E-state index in [1.165, 1.54) is 0 Å². The number of ether oxygens (including phenoxy) is 5. The summed E-state index contributed by atoms with van der Waals surface area (Å²) < 4.78 is 28.7. The fraction of sp³-hybridized carbons (Fsp3) is 0.581. The molecule has 0 atom stereocenters. The number of aromatic nitrogens is 3. The Morgan fingerprint density at radius 3 is 2.26 bits per heavy atom. The lowest BCUT2D eigenvalue weighted by Gasteiger charge is -2.26. The van der Waals surface area contributed by atoms with E-state index in [1.807, 2.05) is 12.3 Å². The van der Waals surface area contributed by atoms with Crippen molar-refractivity contribution in [3.8, 4) is 11.3 Å². The summed E-state index contributed by atoms with van der Waals surface area (Å²) in [7, 11) is 0. The molecule has 14 nitrogen and oxygen atoms in total. The van der Waals surface area contributed by atoms with Crippen LogP contribution in [-0.2, 0) is 52.8 Å². The van der Waals surface area contributed by atoms with Crippen LogP contribution in [0.1, 0.15) is 17.7 Å². The Morgan fingerprint density at radius 2 is 1.62 bits per heavy atom. The van der Waals surface area contributed by atoms with Gasteiger partial charge in [0.25, 0.3) is 0 Å². The van der Waals surface area contributed by atoms with Crippen LogP contribution in [0.15, 0.2) is 18.3 Å². The Morgan fingerprint density at radius 1 is 0.979 bits per heavy atom. The van der Waals surface area contributed by atoms with Gasteiger partial charge in [-0.1, -0.05) is 23.2 Å². The van der Waals surface area contributed by atoms with Gasteiger partial charge in [-0.25, -0.2) is 0 Å². The second kappa shape index (κ2) is 19.9. The maximum Gasteiger partial charge on any atom is 0.248 e. The number of amides is 2. The first-order chi connectivity index (χ1) is 22.9. The van der Waals surface area contributed by atoms with Crippen molar-refractivity contribution in [1.82, 2.24) is 25.0 Å². The number of hydrogen-bond acceptors (Lipinski definition) is 10. The molecular weight excluding hydrogens is 655 g/mol. The molecule has 1 aliphatic heterocycles. The predicted molar refractivity (Wildman–Crippen MR) is 177 cm³/mol. The molecule has 0 fully saturated rings. The highest BCUT2D eigenvalue weighted by Crippen LogP contribution is 2.41. The van der Waals surface area contributed by atoms with Crippen LogP contribution in [0.2, 0.25) is 10.0 Å². The number of rotatable bonds is 22. The molecule has 16 heteroatoms. The number of H-pyrrole nitrogens is 1. The number of aliphatic hydroxyl groups is 1. The number of nitrogens with one attached hydrogen (secondary N) is 2. The van der Waals surface area contributed by atoms with Gasteiger partial charge in [-0.15, -0.1) is 0 Å². The Labute approximate surface area is 283 Å². The summed E-state index contributed by atoms with van der Waals surface area (Å²) in [4.78, 5) is 29.5. The predicted octanol–water partition coefficient (Wildman–Crippen LogP) is 1.76. The van der Waals surface area contributed by atoms with E-state index in [0.717, 1.165) is 22.2 Å². The van der Waals surface area contributed by atoms with Gasteiger partial charge in [0.15, 0.2) is 0 Å². The van der Waals surface area contributed by atoms with Gasteiger partial charge in [0, 0.05) is 67.4 Å². The molecule has 1 aromatic carbocycles. The Bertz CT molecular complexity index is 1430. The quantitative estimate of drug-likeness (QED) is 0.113. The minimum absolute atomic E-state index is 0.119. The van der Waals surface area contributed by atoms with Crippen LogP contribution in [0, 0.1) is 0 Å². The van der Waals surface area contributed by atoms with Gasteiger partial charge in [0.05, 0.1) is 93.9 Å². The summed E-state index contributed by atoms with van der Waals surface area (Å²) >= 11 is 13.1. The SMILES string of the molecule is NCCOCCOCCOCCOCCOCCC(=O)NCCn1ccc(-c2cc(Cl)c(Cl)c3[nH]c4c(c23)CN(C(=O)CO)CC4)n1. The van der Waals surface area contributed by atoms with E-state index in [0.29, 0.717) is 126 Å². The monoisotopic (exact) mass is 698 g/mol. The van der Waals surface area contributed by atoms with Crippen molar-refractivity contribution < 1.29 is 38.4 Å². The van der Waals surface area contributed by atoms with Gasteiger partial charge < -0.3 is 49.7 Å². The molecule has 1 aliphatic rings. The highest BCUT2D eigenvalue weighted by molar-refractivity contribution is 6.45.